The van der Waals surface area contributed by atoms with Crippen LogP contribution < -0.4 is 9.04 Å². The lowest BCUT2D eigenvalue weighted by molar-refractivity contribution is 0.0493. The number of benzene rings is 2. The van der Waals surface area contributed by atoms with E-state index in [0.717, 1.165) is 12.8 Å². The van der Waals surface area contributed by atoms with E-state index in [1.54, 1.807) is 24.3 Å². The second-order valence-electron chi connectivity index (χ2n) is 8.58. The Morgan fingerprint density at radius 3 is 2.34 bits per heavy atom. The van der Waals surface area contributed by atoms with Gasteiger partial charge in [0.15, 0.2) is 0 Å². The van der Waals surface area contributed by atoms with Crippen molar-refractivity contribution in [2.24, 2.45) is 11.8 Å². The van der Waals surface area contributed by atoms with Crippen LogP contribution in [0.2, 0.25) is 0 Å². The second kappa shape index (κ2) is 10.2. The van der Waals surface area contributed by atoms with E-state index in [1.165, 1.54) is 28.8 Å². The number of hydrogen-bond donors (Lipinski definition) is 1. The number of nitrogens with one attached hydrogen (secondary N) is 1. The number of anilines is 1. The maximum absolute atomic E-state index is 13.6. The van der Waals surface area contributed by atoms with Gasteiger partial charge >= 0.3 is 0 Å². The van der Waals surface area contributed by atoms with Crippen LogP contribution in [0.3, 0.4) is 0 Å². The van der Waals surface area contributed by atoms with Crippen LogP contribution in [-0.2, 0) is 24.5 Å². The Kier molecular flexibility index (Phi) is 7.84. The zero-order valence-electron chi connectivity index (χ0n) is 18.8. The molecule has 0 aliphatic carbocycles. The fraction of sp³-hybridized carbons (Fsp3) is 0.478. The number of para-hydroxylation sites is 1. The summed E-state index contributed by atoms with van der Waals surface area (Å²) in [5.41, 5.74) is 0.561. The summed E-state index contributed by atoms with van der Waals surface area (Å²) < 4.78 is 60.7. The van der Waals surface area contributed by atoms with E-state index in [1.807, 2.05) is 19.9 Å². The van der Waals surface area contributed by atoms with Crippen LogP contribution in [0, 0.1) is 16.6 Å². The minimum absolute atomic E-state index is 0.00255. The highest BCUT2D eigenvalue weighted by atomic mass is 32.2. The van der Waals surface area contributed by atoms with Crippen molar-refractivity contribution in [1.82, 2.24) is 0 Å². The molecule has 1 heterocycles. The molecule has 176 valence electrons. The molecule has 0 amide bonds. The lowest BCUT2D eigenvalue weighted by atomic mass is 10.0. The van der Waals surface area contributed by atoms with Crippen molar-refractivity contribution in [2.75, 3.05) is 36.9 Å². The Bertz CT molecular complexity index is 1110. The highest BCUT2D eigenvalue weighted by Gasteiger charge is 2.28. The molecule has 0 spiro atoms. The SMILES string of the molecule is CC(C)CN(c1ccccc1)S(=O)(=O)c1ccc(OCC2CCOCC2)c(S(C)(=N)=O)c1. The predicted octanol–water partition coefficient (Wildman–Crippen LogP) is 4.38. The molecule has 0 radical (unpaired) electrons. The van der Waals surface area contributed by atoms with Gasteiger partial charge in [0, 0.05) is 26.0 Å². The highest BCUT2D eigenvalue weighted by molar-refractivity contribution is 7.93. The van der Waals surface area contributed by atoms with Crippen molar-refractivity contribution in [1.29, 1.82) is 4.78 Å². The van der Waals surface area contributed by atoms with Gasteiger partial charge in [-0.15, -0.1) is 0 Å². The quantitative estimate of drug-likeness (QED) is 0.575. The first kappa shape index (κ1) is 24.5. The standard InChI is InChI=1S/C23H32N2O5S2/c1-18(2)16-25(20-7-5-4-6-8-20)32(27,28)21-9-10-22(23(15-21)31(3,24)26)30-17-19-11-13-29-14-12-19/h4-10,15,18-19,24H,11-14,16-17H2,1-3H3. The predicted molar refractivity (Wildman–Crippen MR) is 126 cm³/mol. The van der Waals surface area contributed by atoms with Gasteiger partial charge in [-0.05, 0) is 55.0 Å². The second-order valence-corrected chi connectivity index (χ2v) is 12.6. The fourth-order valence-electron chi connectivity index (χ4n) is 3.59. The van der Waals surface area contributed by atoms with E-state index >= 15 is 0 Å². The molecule has 2 aromatic carbocycles. The highest BCUT2D eigenvalue weighted by Crippen LogP contribution is 2.32. The molecule has 1 aliphatic rings. The van der Waals surface area contributed by atoms with Crippen molar-refractivity contribution in [3.05, 3.63) is 48.5 Å². The van der Waals surface area contributed by atoms with E-state index in [2.05, 4.69) is 0 Å². The summed E-state index contributed by atoms with van der Waals surface area (Å²) in [5, 5.41) is 0. The average Bonchev–Trinajstić information content (AvgIpc) is 2.76. The Hall–Kier alpha value is -2.10. The van der Waals surface area contributed by atoms with Gasteiger partial charge < -0.3 is 9.47 Å². The molecule has 3 rings (SSSR count). The topological polar surface area (TPSA) is 96.8 Å². The Balaban J connectivity index is 1.96. The van der Waals surface area contributed by atoms with Crippen molar-refractivity contribution in [2.45, 2.75) is 36.5 Å². The number of sulfonamides is 1. The van der Waals surface area contributed by atoms with Gasteiger partial charge in [0.2, 0.25) is 0 Å². The van der Waals surface area contributed by atoms with Crippen molar-refractivity contribution in [3.8, 4) is 5.75 Å². The van der Waals surface area contributed by atoms with Gasteiger partial charge in [-0.3, -0.25) is 4.31 Å². The Morgan fingerprint density at radius 2 is 1.75 bits per heavy atom. The van der Waals surface area contributed by atoms with Crippen LogP contribution in [0.25, 0.3) is 0 Å². The van der Waals surface area contributed by atoms with Crippen LogP contribution in [0.15, 0.2) is 58.3 Å². The first-order valence-corrected chi connectivity index (χ1v) is 14.2. The number of hydrogen-bond acceptors (Lipinski definition) is 6. The van der Waals surface area contributed by atoms with Crippen LogP contribution in [0.4, 0.5) is 5.69 Å². The van der Waals surface area contributed by atoms with Crippen molar-refractivity contribution < 1.29 is 22.1 Å². The molecule has 7 nitrogen and oxygen atoms in total. The zero-order valence-corrected chi connectivity index (χ0v) is 20.5. The van der Waals surface area contributed by atoms with E-state index < -0.39 is 19.8 Å². The molecule has 1 unspecified atom stereocenters. The lowest BCUT2D eigenvalue weighted by Gasteiger charge is -2.27. The third kappa shape index (κ3) is 6.02. The Labute approximate surface area is 191 Å². The summed E-state index contributed by atoms with van der Waals surface area (Å²) in [6.45, 7) is 5.99. The Morgan fingerprint density at radius 1 is 1.09 bits per heavy atom. The van der Waals surface area contributed by atoms with Crippen molar-refractivity contribution >= 4 is 25.4 Å². The normalized spacial score (nSPS) is 17.1. The molecule has 1 saturated heterocycles. The van der Waals surface area contributed by atoms with Crippen LogP contribution in [-0.4, -0.2) is 45.2 Å². The summed E-state index contributed by atoms with van der Waals surface area (Å²) >= 11 is 0. The molecule has 1 fully saturated rings. The molecule has 32 heavy (non-hydrogen) atoms. The largest absolute Gasteiger partial charge is 0.492 e. The van der Waals surface area contributed by atoms with Crippen molar-refractivity contribution in [3.63, 3.8) is 0 Å². The van der Waals surface area contributed by atoms with Crippen LogP contribution >= 0.6 is 0 Å². The minimum atomic E-state index is -3.93. The molecular weight excluding hydrogens is 448 g/mol. The first-order valence-electron chi connectivity index (χ1n) is 10.7. The summed E-state index contributed by atoms with van der Waals surface area (Å²) in [7, 11) is -7.15. The van der Waals surface area contributed by atoms with E-state index in [4.69, 9.17) is 14.3 Å². The summed E-state index contributed by atoms with van der Waals surface area (Å²) in [4.78, 5) is 0.0976. The van der Waals surface area contributed by atoms with Gasteiger partial charge in [0.1, 0.15) is 5.75 Å². The maximum atomic E-state index is 13.6. The zero-order chi connectivity index (χ0) is 23.4. The first-order chi connectivity index (χ1) is 15.1. The van der Waals surface area contributed by atoms with Gasteiger partial charge in [0.25, 0.3) is 10.0 Å². The summed E-state index contributed by atoms with van der Waals surface area (Å²) in [6.07, 6.45) is 3.04. The molecule has 2 aromatic rings. The maximum Gasteiger partial charge on any atom is 0.264 e. The lowest BCUT2D eigenvalue weighted by Crippen LogP contribution is -2.34. The molecule has 1 N–H and O–H groups in total. The minimum Gasteiger partial charge on any atom is -0.492 e. The third-order valence-electron chi connectivity index (χ3n) is 5.31. The molecular formula is C23H32N2O5S2. The smallest absolute Gasteiger partial charge is 0.264 e. The molecule has 9 heteroatoms. The number of rotatable bonds is 9. The number of nitrogens with zero attached hydrogens (tertiary/aromatic N) is 1. The van der Waals surface area contributed by atoms with E-state index in [0.29, 0.717) is 43.7 Å². The van der Waals surface area contributed by atoms with E-state index in [9.17, 15) is 12.6 Å². The summed E-state index contributed by atoms with van der Waals surface area (Å²) in [6, 6.07) is 13.2. The molecule has 0 bridgehead atoms. The molecule has 1 atom stereocenters. The fourth-order valence-corrected chi connectivity index (χ4v) is 6.18. The van der Waals surface area contributed by atoms with E-state index in [-0.39, 0.29) is 15.7 Å². The summed E-state index contributed by atoms with van der Waals surface area (Å²) in [5.74, 6) is 0.712. The van der Waals surface area contributed by atoms with Gasteiger partial charge in [0.05, 0.1) is 31.8 Å². The average molecular weight is 481 g/mol. The number of ether oxygens (including phenoxy) is 2. The molecule has 0 saturated carbocycles. The van der Waals surface area contributed by atoms with Gasteiger partial charge in [-0.1, -0.05) is 32.0 Å². The van der Waals surface area contributed by atoms with Crippen LogP contribution in [0.5, 0.6) is 5.75 Å². The monoisotopic (exact) mass is 480 g/mol. The van der Waals surface area contributed by atoms with Crippen LogP contribution in [0.1, 0.15) is 26.7 Å². The molecule has 0 aromatic heterocycles. The van der Waals surface area contributed by atoms with Gasteiger partial charge in [-0.2, -0.15) is 0 Å². The van der Waals surface area contributed by atoms with Gasteiger partial charge in [-0.25, -0.2) is 17.4 Å². The molecule has 1 aliphatic heterocycles. The third-order valence-corrected chi connectivity index (χ3v) is 8.26.